The molecule has 4 heteroatoms. The van der Waals surface area contributed by atoms with Crippen molar-refractivity contribution in [2.45, 2.75) is 39.2 Å². The monoisotopic (exact) mass is 264 g/mol. The average molecular weight is 264 g/mol. The lowest BCUT2D eigenvalue weighted by atomic mass is 9.98. The molecule has 0 spiro atoms. The maximum absolute atomic E-state index is 11.3. The lowest BCUT2D eigenvalue weighted by Crippen LogP contribution is -2.45. The number of benzene rings is 1. The van der Waals surface area contributed by atoms with Crippen LogP contribution >= 0.6 is 0 Å². The Morgan fingerprint density at radius 2 is 2.05 bits per heavy atom. The second-order valence-corrected chi connectivity index (χ2v) is 4.67. The SMILES string of the molecule is CCNC(COc1ccccc1C(C)CC)C(N)=O. The van der Waals surface area contributed by atoms with Crippen LogP contribution in [-0.2, 0) is 4.79 Å². The topological polar surface area (TPSA) is 64.3 Å². The van der Waals surface area contributed by atoms with Gasteiger partial charge in [-0.15, -0.1) is 0 Å². The third-order valence-corrected chi connectivity index (χ3v) is 3.26. The molecule has 0 saturated heterocycles. The van der Waals surface area contributed by atoms with Crippen molar-refractivity contribution in [1.82, 2.24) is 5.32 Å². The molecule has 0 fully saturated rings. The molecule has 4 nitrogen and oxygen atoms in total. The third kappa shape index (κ3) is 4.56. The number of nitrogens with two attached hydrogens (primary N) is 1. The smallest absolute Gasteiger partial charge is 0.238 e. The Hall–Kier alpha value is -1.55. The van der Waals surface area contributed by atoms with Crippen LogP contribution in [-0.4, -0.2) is 25.1 Å². The number of para-hydroxylation sites is 1. The van der Waals surface area contributed by atoms with E-state index in [4.69, 9.17) is 10.5 Å². The van der Waals surface area contributed by atoms with Crippen molar-refractivity contribution in [2.24, 2.45) is 5.73 Å². The number of ether oxygens (including phenoxy) is 1. The molecule has 1 aromatic carbocycles. The van der Waals surface area contributed by atoms with Gasteiger partial charge in [-0.3, -0.25) is 4.79 Å². The third-order valence-electron chi connectivity index (χ3n) is 3.26. The van der Waals surface area contributed by atoms with Crippen LogP contribution in [0.25, 0.3) is 0 Å². The fraction of sp³-hybridized carbons (Fsp3) is 0.533. The fourth-order valence-corrected chi connectivity index (χ4v) is 1.90. The van der Waals surface area contributed by atoms with Crippen molar-refractivity contribution in [1.29, 1.82) is 0 Å². The molecule has 1 amide bonds. The van der Waals surface area contributed by atoms with Gasteiger partial charge in [-0.05, 0) is 30.5 Å². The molecule has 0 aromatic heterocycles. The summed E-state index contributed by atoms with van der Waals surface area (Å²) in [4.78, 5) is 11.3. The maximum Gasteiger partial charge on any atom is 0.238 e. The maximum atomic E-state index is 11.3. The Morgan fingerprint density at radius 1 is 1.37 bits per heavy atom. The van der Waals surface area contributed by atoms with Gasteiger partial charge in [0.1, 0.15) is 18.4 Å². The predicted octanol–water partition coefficient (Wildman–Crippen LogP) is 2.04. The van der Waals surface area contributed by atoms with E-state index in [-0.39, 0.29) is 12.5 Å². The van der Waals surface area contributed by atoms with Crippen molar-refractivity contribution < 1.29 is 9.53 Å². The summed E-state index contributed by atoms with van der Waals surface area (Å²) in [6, 6.07) is 7.49. The van der Waals surface area contributed by atoms with Crippen LogP contribution in [0, 0.1) is 0 Å². The molecule has 0 aliphatic rings. The first-order valence-electron chi connectivity index (χ1n) is 6.84. The number of rotatable bonds is 8. The highest BCUT2D eigenvalue weighted by Crippen LogP contribution is 2.28. The van der Waals surface area contributed by atoms with E-state index < -0.39 is 6.04 Å². The van der Waals surface area contributed by atoms with Gasteiger partial charge in [0.15, 0.2) is 0 Å². The molecule has 2 atom stereocenters. The Balaban J connectivity index is 2.73. The number of carbonyl (C=O) groups excluding carboxylic acids is 1. The van der Waals surface area contributed by atoms with Crippen molar-refractivity contribution in [3.8, 4) is 5.75 Å². The normalized spacial score (nSPS) is 13.8. The minimum atomic E-state index is -0.449. The van der Waals surface area contributed by atoms with Crippen LogP contribution in [0.2, 0.25) is 0 Å². The van der Waals surface area contributed by atoms with E-state index in [9.17, 15) is 4.79 Å². The second kappa shape index (κ2) is 7.79. The number of amides is 1. The summed E-state index contributed by atoms with van der Waals surface area (Å²) < 4.78 is 5.77. The highest BCUT2D eigenvalue weighted by Gasteiger charge is 2.16. The summed E-state index contributed by atoms with van der Waals surface area (Å²) >= 11 is 0. The van der Waals surface area contributed by atoms with E-state index in [1.54, 1.807) is 0 Å². The highest BCUT2D eigenvalue weighted by molar-refractivity contribution is 5.80. The number of nitrogens with one attached hydrogen (secondary N) is 1. The molecule has 19 heavy (non-hydrogen) atoms. The van der Waals surface area contributed by atoms with E-state index in [0.717, 1.165) is 12.2 Å². The van der Waals surface area contributed by atoms with Gasteiger partial charge in [0.2, 0.25) is 5.91 Å². The number of primary amides is 1. The molecule has 0 bridgehead atoms. The minimum absolute atomic E-state index is 0.261. The Kier molecular flexibility index (Phi) is 6.36. The number of hydrogen-bond acceptors (Lipinski definition) is 3. The van der Waals surface area contributed by atoms with Crippen LogP contribution in [0.5, 0.6) is 5.75 Å². The zero-order chi connectivity index (χ0) is 14.3. The van der Waals surface area contributed by atoms with Crippen LogP contribution < -0.4 is 15.8 Å². The Morgan fingerprint density at radius 3 is 2.63 bits per heavy atom. The second-order valence-electron chi connectivity index (χ2n) is 4.67. The van der Waals surface area contributed by atoms with Gasteiger partial charge in [-0.1, -0.05) is 39.0 Å². The summed E-state index contributed by atoms with van der Waals surface area (Å²) in [5, 5.41) is 3.02. The Bertz CT molecular complexity index is 407. The quantitative estimate of drug-likeness (QED) is 0.755. The number of carbonyl (C=O) groups is 1. The molecule has 0 saturated carbocycles. The molecule has 0 aliphatic heterocycles. The van der Waals surface area contributed by atoms with E-state index >= 15 is 0 Å². The number of likely N-dealkylation sites (N-methyl/N-ethyl adjacent to an activating group) is 1. The molecule has 1 aromatic rings. The van der Waals surface area contributed by atoms with Gasteiger partial charge in [-0.25, -0.2) is 0 Å². The summed E-state index contributed by atoms with van der Waals surface area (Å²) in [7, 11) is 0. The van der Waals surface area contributed by atoms with Gasteiger partial charge in [0, 0.05) is 0 Å². The van der Waals surface area contributed by atoms with Gasteiger partial charge < -0.3 is 15.8 Å². The van der Waals surface area contributed by atoms with Crippen LogP contribution in [0.4, 0.5) is 0 Å². The number of hydrogen-bond donors (Lipinski definition) is 2. The van der Waals surface area contributed by atoms with Gasteiger partial charge in [-0.2, -0.15) is 0 Å². The summed E-state index contributed by atoms with van der Waals surface area (Å²) in [6.45, 7) is 7.19. The minimum Gasteiger partial charge on any atom is -0.491 e. The standard InChI is InChI=1S/C15H24N2O2/c1-4-11(3)12-8-6-7-9-14(12)19-10-13(15(16)18)17-5-2/h6-9,11,13,17H,4-5,10H2,1-3H3,(H2,16,18). The fourth-order valence-electron chi connectivity index (χ4n) is 1.90. The first-order valence-corrected chi connectivity index (χ1v) is 6.84. The average Bonchev–Trinajstić information content (AvgIpc) is 2.42. The molecule has 0 heterocycles. The molecular weight excluding hydrogens is 240 g/mol. The van der Waals surface area contributed by atoms with Crippen molar-refractivity contribution >= 4 is 5.91 Å². The molecular formula is C15H24N2O2. The van der Waals surface area contributed by atoms with Gasteiger partial charge >= 0.3 is 0 Å². The summed E-state index contributed by atoms with van der Waals surface area (Å²) in [5.41, 5.74) is 6.50. The van der Waals surface area contributed by atoms with E-state index in [1.807, 2.05) is 25.1 Å². The first-order chi connectivity index (χ1) is 9.10. The van der Waals surface area contributed by atoms with Gasteiger partial charge in [0.05, 0.1) is 0 Å². The highest BCUT2D eigenvalue weighted by atomic mass is 16.5. The van der Waals surface area contributed by atoms with Gasteiger partial charge in [0.25, 0.3) is 0 Å². The molecule has 2 unspecified atom stereocenters. The van der Waals surface area contributed by atoms with Crippen molar-refractivity contribution in [2.75, 3.05) is 13.2 Å². The Labute approximate surface area is 115 Å². The molecule has 0 aliphatic carbocycles. The van der Waals surface area contributed by atoms with E-state index in [1.165, 1.54) is 5.56 Å². The van der Waals surface area contributed by atoms with Crippen LogP contribution in [0.1, 0.15) is 38.7 Å². The zero-order valence-corrected chi connectivity index (χ0v) is 12.0. The lowest BCUT2D eigenvalue weighted by Gasteiger charge is -2.19. The van der Waals surface area contributed by atoms with Crippen molar-refractivity contribution in [3.63, 3.8) is 0 Å². The predicted molar refractivity (Wildman–Crippen MR) is 77.3 cm³/mol. The molecule has 106 valence electrons. The van der Waals surface area contributed by atoms with Crippen molar-refractivity contribution in [3.05, 3.63) is 29.8 Å². The lowest BCUT2D eigenvalue weighted by molar-refractivity contribution is -0.120. The molecule has 1 rings (SSSR count). The first kappa shape index (κ1) is 15.5. The largest absolute Gasteiger partial charge is 0.491 e. The van der Waals surface area contributed by atoms with E-state index in [2.05, 4.69) is 25.2 Å². The summed E-state index contributed by atoms with van der Waals surface area (Å²) in [5.74, 6) is 0.881. The van der Waals surface area contributed by atoms with E-state index in [0.29, 0.717) is 12.5 Å². The molecule has 0 radical (unpaired) electrons. The summed E-state index contributed by atoms with van der Waals surface area (Å²) in [6.07, 6.45) is 1.05. The van der Waals surface area contributed by atoms with Crippen LogP contribution in [0.3, 0.4) is 0 Å². The zero-order valence-electron chi connectivity index (χ0n) is 12.0. The molecule has 3 N–H and O–H groups in total. The van der Waals surface area contributed by atoms with Crippen LogP contribution in [0.15, 0.2) is 24.3 Å².